The molecule has 3 heteroatoms. The second-order valence-corrected chi connectivity index (χ2v) is 13.5. The smallest absolute Gasteiger partial charge is 0.159 e. The molecule has 0 radical (unpaired) electrons. The van der Waals surface area contributed by atoms with Gasteiger partial charge in [-0.15, -0.1) is 11.3 Å². The van der Waals surface area contributed by atoms with Gasteiger partial charge in [-0.05, 0) is 75.5 Å². The van der Waals surface area contributed by atoms with Crippen molar-refractivity contribution < 1.29 is 4.42 Å². The molecule has 0 spiro atoms. The molecular weight excluding hydrogens is 615 g/mol. The van der Waals surface area contributed by atoms with E-state index < -0.39 is 0 Å². The van der Waals surface area contributed by atoms with E-state index in [1.807, 2.05) is 17.4 Å². The van der Waals surface area contributed by atoms with E-state index in [-0.39, 0.29) is 0 Å². The average molecular weight is 644 g/mol. The van der Waals surface area contributed by atoms with Crippen LogP contribution in [0.3, 0.4) is 0 Å². The molecule has 0 aliphatic carbocycles. The first kappa shape index (κ1) is 27.9. The predicted octanol–water partition coefficient (Wildman–Crippen LogP) is 13.9. The molecule has 0 atom stereocenters. The van der Waals surface area contributed by atoms with E-state index in [0.29, 0.717) is 0 Å². The van der Waals surface area contributed by atoms with Gasteiger partial charge in [0.05, 0.1) is 16.1 Å². The van der Waals surface area contributed by atoms with Crippen molar-refractivity contribution in [1.82, 2.24) is 0 Å². The molecule has 0 aliphatic rings. The molecule has 0 N–H and O–H groups in total. The molecule has 10 rings (SSSR count). The van der Waals surface area contributed by atoms with Gasteiger partial charge in [0.1, 0.15) is 5.58 Å². The highest BCUT2D eigenvalue weighted by atomic mass is 32.1. The van der Waals surface area contributed by atoms with Crippen LogP contribution < -0.4 is 4.90 Å². The molecule has 0 saturated carbocycles. The Morgan fingerprint density at radius 2 is 1.06 bits per heavy atom. The van der Waals surface area contributed by atoms with E-state index in [1.165, 1.54) is 47.6 Å². The number of fused-ring (bicyclic) bond motifs is 7. The van der Waals surface area contributed by atoms with E-state index in [4.69, 9.17) is 4.42 Å². The van der Waals surface area contributed by atoms with Gasteiger partial charge in [-0.3, -0.25) is 0 Å². The standard InChI is InChI=1S/C46H29NOS/c1-2-18-35-30(12-1)13-9-21-36(35)33-16-7-14-31(28-33)32-15-8-17-34(29-32)47(41-24-10-22-39-37-19-3-5-26-43(37)48-45(39)41)42-25-11-23-40-38-20-4-6-27-44(38)49-46(40)42/h1-29H. The topological polar surface area (TPSA) is 16.4 Å². The number of para-hydroxylation sites is 2. The summed E-state index contributed by atoms with van der Waals surface area (Å²) in [6.07, 6.45) is 0. The lowest BCUT2D eigenvalue weighted by Crippen LogP contribution is -2.10. The molecule has 230 valence electrons. The summed E-state index contributed by atoms with van der Waals surface area (Å²) in [6.45, 7) is 0. The molecule has 0 unspecified atom stereocenters. The van der Waals surface area contributed by atoms with Gasteiger partial charge in [0.15, 0.2) is 5.58 Å². The summed E-state index contributed by atoms with van der Waals surface area (Å²) in [5.41, 5.74) is 9.78. The van der Waals surface area contributed by atoms with Crippen LogP contribution in [0.5, 0.6) is 0 Å². The predicted molar refractivity (Wildman–Crippen MR) is 210 cm³/mol. The highest BCUT2D eigenvalue weighted by Gasteiger charge is 2.22. The number of thiophene rings is 1. The van der Waals surface area contributed by atoms with Gasteiger partial charge >= 0.3 is 0 Å². The molecule has 0 amide bonds. The number of nitrogens with zero attached hydrogens (tertiary/aromatic N) is 1. The second-order valence-electron chi connectivity index (χ2n) is 12.5. The zero-order valence-electron chi connectivity index (χ0n) is 26.5. The normalized spacial score (nSPS) is 11.7. The molecule has 10 aromatic rings. The van der Waals surface area contributed by atoms with Crippen molar-refractivity contribution in [2.75, 3.05) is 4.90 Å². The Morgan fingerprint density at radius 1 is 0.429 bits per heavy atom. The van der Waals surface area contributed by atoms with Crippen molar-refractivity contribution in [2.45, 2.75) is 0 Å². The molecule has 0 saturated heterocycles. The van der Waals surface area contributed by atoms with Crippen molar-refractivity contribution >= 4 is 81.3 Å². The average Bonchev–Trinajstić information content (AvgIpc) is 3.75. The summed E-state index contributed by atoms with van der Waals surface area (Å²) >= 11 is 1.85. The lowest BCUT2D eigenvalue weighted by Gasteiger charge is -2.26. The Bertz CT molecular complexity index is 2740. The third kappa shape index (κ3) is 4.55. The van der Waals surface area contributed by atoms with E-state index in [9.17, 15) is 0 Å². The van der Waals surface area contributed by atoms with E-state index in [1.54, 1.807) is 0 Å². The molecule has 0 bridgehead atoms. The summed E-state index contributed by atoms with van der Waals surface area (Å²) < 4.78 is 9.19. The van der Waals surface area contributed by atoms with Crippen LogP contribution >= 0.6 is 11.3 Å². The van der Waals surface area contributed by atoms with Crippen LogP contribution in [0.1, 0.15) is 0 Å². The molecule has 2 aromatic heterocycles. The summed E-state index contributed by atoms with van der Waals surface area (Å²) in [5.74, 6) is 0. The lowest BCUT2D eigenvalue weighted by atomic mass is 9.95. The molecule has 2 heterocycles. The van der Waals surface area contributed by atoms with Crippen molar-refractivity contribution in [3.8, 4) is 22.3 Å². The Kier molecular flexibility index (Phi) is 6.39. The van der Waals surface area contributed by atoms with Gasteiger partial charge in [0, 0.05) is 31.9 Å². The maximum Gasteiger partial charge on any atom is 0.159 e. The van der Waals surface area contributed by atoms with Crippen LogP contribution in [0.25, 0.3) is 75.1 Å². The Morgan fingerprint density at radius 3 is 1.98 bits per heavy atom. The first-order chi connectivity index (χ1) is 24.3. The van der Waals surface area contributed by atoms with Crippen molar-refractivity contribution in [3.05, 3.63) is 176 Å². The maximum absolute atomic E-state index is 6.65. The highest BCUT2D eigenvalue weighted by molar-refractivity contribution is 7.26. The van der Waals surface area contributed by atoms with E-state index in [2.05, 4.69) is 175 Å². The zero-order chi connectivity index (χ0) is 32.3. The number of anilines is 3. The number of hydrogen-bond acceptors (Lipinski definition) is 3. The van der Waals surface area contributed by atoms with E-state index >= 15 is 0 Å². The Labute approximate surface area is 287 Å². The largest absolute Gasteiger partial charge is 0.454 e. The van der Waals surface area contributed by atoms with Crippen LogP contribution in [0.4, 0.5) is 17.1 Å². The maximum atomic E-state index is 6.65. The van der Waals surface area contributed by atoms with Crippen LogP contribution in [-0.4, -0.2) is 0 Å². The summed E-state index contributed by atoms with van der Waals surface area (Å²) in [6, 6.07) is 63.2. The van der Waals surface area contributed by atoms with E-state index in [0.717, 1.165) is 44.6 Å². The first-order valence-corrected chi connectivity index (χ1v) is 17.4. The van der Waals surface area contributed by atoms with Crippen molar-refractivity contribution in [3.63, 3.8) is 0 Å². The molecule has 0 aliphatic heterocycles. The number of rotatable bonds is 5. The van der Waals surface area contributed by atoms with Crippen LogP contribution in [0, 0.1) is 0 Å². The van der Waals surface area contributed by atoms with Gasteiger partial charge in [0.25, 0.3) is 0 Å². The van der Waals surface area contributed by atoms with Crippen molar-refractivity contribution in [1.29, 1.82) is 0 Å². The number of furan rings is 1. The third-order valence-corrected chi connectivity index (χ3v) is 10.9. The van der Waals surface area contributed by atoms with Crippen LogP contribution in [0.15, 0.2) is 180 Å². The SMILES string of the molecule is c1cc(-c2cccc(N(c3cccc4c3oc3ccccc34)c3cccc4c3sc3ccccc34)c2)cc(-c2cccc3ccccc23)c1. The van der Waals surface area contributed by atoms with Crippen LogP contribution in [0.2, 0.25) is 0 Å². The molecule has 0 fully saturated rings. The molecule has 8 aromatic carbocycles. The Hall–Kier alpha value is -6.16. The fourth-order valence-corrected chi connectivity index (χ4v) is 8.60. The zero-order valence-corrected chi connectivity index (χ0v) is 27.3. The molecular formula is C46H29NOS. The van der Waals surface area contributed by atoms with Gasteiger partial charge in [0.2, 0.25) is 0 Å². The van der Waals surface area contributed by atoms with Gasteiger partial charge in [-0.25, -0.2) is 0 Å². The van der Waals surface area contributed by atoms with Crippen molar-refractivity contribution in [2.24, 2.45) is 0 Å². The van der Waals surface area contributed by atoms with Gasteiger partial charge in [-0.2, -0.15) is 0 Å². The summed E-state index contributed by atoms with van der Waals surface area (Å²) in [5, 5.41) is 7.29. The van der Waals surface area contributed by atoms with Gasteiger partial charge in [-0.1, -0.05) is 133 Å². The lowest BCUT2D eigenvalue weighted by molar-refractivity contribution is 0.669. The second kappa shape index (κ2) is 11.2. The fourth-order valence-electron chi connectivity index (χ4n) is 7.39. The fraction of sp³-hybridized carbons (Fsp3) is 0. The highest BCUT2D eigenvalue weighted by Crippen LogP contribution is 2.48. The first-order valence-electron chi connectivity index (χ1n) is 16.6. The minimum absolute atomic E-state index is 0.880. The summed E-state index contributed by atoms with van der Waals surface area (Å²) in [4.78, 5) is 2.39. The Balaban J connectivity index is 1.19. The monoisotopic (exact) mass is 643 g/mol. The number of benzene rings is 8. The third-order valence-electron chi connectivity index (χ3n) is 9.65. The quantitative estimate of drug-likeness (QED) is 0.186. The minimum atomic E-state index is 0.880. The number of hydrogen-bond donors (Lipinski definition) is 0. The molecule has 49 heavy (non-hydrogen) atoms. The minimum Gasteiger partial charge on any atom is -0.454 e. The van der Waals surface area contributed by atoms with Crippen LogP contribution in [-0.2, 0) is 0 Å². The summed E-state index contributed by atoms with van der Waals surface area (Å²) in [7, 11) is 0. The molecule has 2 nitrogen and oxygen atoms in total. The van der Waals surface area contributed by atoms with Gasteiger partial charge < -0.3 is 9.32 Å².